The van der Waals surface area contributed by atoms with Crippen molar-refractivity contribution in [3.8, 4) is 5.75 Å². The molecule has 1 N–H and O–H groups in total. The Hall–Kier alpha value is -1.69. The van der Waals surface area contributed by atoms with Crippen molar-refractivity contribution in [2.45, 2.75) is 45.3 Å². The number of hydrogen-bond acceptors (Lipinski definition) is 3. The number of rotatable bonds is 8. The van der Waals surface area contributed by atoms with Gasteiger partial charge >= 0.3 is 6.61 Å². The SMILES string of the molecule is CCCN(C(=O)CCc1ccc(OC(F)F)cc1)C1CCNC1. The summed E-state index contributed by atoms with van der Waals surface area (Å²) in [6.07, 6.45) is 2.99. The van der Waals surface area contributed by atoms with Crippen LogP contribution >= 0.6 is 0 Å². The van der Waals surface area contributed by atoms with E-state index in [1.807, 2.05) is 4.90 Å². The van der Waals surface area contributed by atoms with Crippen molar-refractivity contribution in [3.63, 3.8) is 0 Å². The molecule has 1 amide bonds. The van der Waals surface area contributed by atoms with Crippen LogP contribution < -0.4 is 10.1 Å². The van der Waals surface area contributed by atoms with Crippen molar-refractivity contribution >= 4 is 5.91 Å². The molecule has 1 fully saturated rings. The van der Waals surface area contributed by atoms with E-state index in [9.17, 15) is 13.6 Å². The predicted octanol–water partition coefficient (Wildman–Crippen LogP) is 2.82. The Kier molecular flexibility index (Phi) is 6.77. The van der Waals surface area contributed by atoms with Gasteiger partial charge in [0.2, 0.25) is 5.91 Å². The van der Waals surface area contributed by atoms with Crippen LogP contribution in [0.5, 0.6) is 5.75 Å². The Balaban J connectivity index is 1.86. The van der Waals surface area contributed by atoms with E-state index >= 15 is 0 Å². The Labute approximate surface area is 135 Å². The van der Waals surface area contributed by atoms with Gasteiger partial charge in [-0.3, -0.25) is 4.79 Å². The highest BCUT2D eigenvalue weighted by Crippen LogP contribution is 2.17. The van der Waals surface area contributed by atoms with Crippen molar-refractivity contribution in [1.29, 1.82) is 0 Å². The average molecular weight is 326 g/mol. The van der Waals surface area contributed by atoms with Crippen LogP contribution in [0.1, 0.15) is 31.7 Å². The van der Waals surface area contributed by atoms with Gasteiger partial charge < -0.3 is 15.0 Å². The molecule has 1 aliphatic heterocycles. The van der Waals surface area contributed by atoms with E-state index in [4.69, 9.17) is 0 Å². The number of carbonyl (C=O) groups excluding carboxylic acids is 1. The number of carbonyl (C=O) groups is 1. The zero-order valence-electron chi connectivity index (χ0n) is 13.4. The van der Waals surface area contributed by atoms with E-state index in [-0.39, 0.29) is 11.7 Å². The molecule has 1 aromatic rings. The predicted molar refractivity (Wildman–Crippen MR) is 84.7 cm³/mol. The third-order valence-corrected chi connectivity index (χ3v) is 4.04. The minimum absolute atomic E-state index is 0.139. The maximum absolute atomic E-state index is 12.5. The van der Waals surface area contributed by atoms with Gasteiger partial charge in [-0.25, -0.2) is 0 Å². The number of nitrogens with one attached hydrogen (secondary N) is 1. The van der Waals surface area contributed by atoms with E-state index in [1.54, 1.807) is 12.1 Å². The van der Waals surface area contributed by atoms with Gasteiger partial charge in [-0.2, -0.15) is 8.78 Å². The molecule has 2 rings (SSSR count). The lowest BCUT2D eigenvalue weighted by Crippen LogP contribution is -2.42. The molecule has 4 nitrogen and oxygen atoms in total. The van der Waals surface area contributed by atoms with Crippen LogP contribution in [0.15, 0.2) is 24.3 Å². The molecule has 1 atom stereocenters. The summed E-state index contributed by atoms with van der Waals surface area (Å²) >= 11 is 0. The molecule has 0 saturated carbocycles. The van der Waals surface area contributed by atoms with Crippen LogP contribution in [0.2, 0.25) is 0 Å². The molecular formula is C17H24F2N2O2. The number of hydrogen-bond donors (Lipinski definition) is 1. The number of nitrogens with zero attached hydrogens (tertiary/aromatic N) is 1. The first-order valence-electron chi connectivity index (χ1n) is 8.14. The molecule has 23 heavy (non-hydrogen) atoms. The highest BCUT2D eigenvalue weighted by atomic mass is 19.3. The number of halogens is 2. The molecule has 1 saturated heterocycles. The van der Waals surface area contributed by atoms with E-state index in [0.29, 0.717) is 18.9 Å². The van der Waals surface area contributed by atoms with Crippen molar-refractivity contribution in [2.24, 2.45) is 0 Å². The van der Waals surface area contributed by atoms with Crippen molar-refractivity contribution in [2.75, 3.05) is 19.6 Å². The second kappa shape index (κ2) is 8.82. The third kappa shape index (κ3) is 5.46. The normalized spacial score (nSPS) is 17.5. The quantitative estimate of drug-likeness (QED) is 0.799. The summed E-state index contributed by atoms with van der Waals surface area (Å²) in [6, 6.07) is 6.77. The number of ether oxygens (including phenoxy) is 1. The molecule has 0 aliphatic carbocycles. The highest BCUT2D eigenvalue weighted by Gasteiger charge is 2.25. The number of benzene rings is 1. The standard InChI is InChI=1S/C17H24F2N2O2/c1-2-11-21(14-9-10-20-12-14)16(22)8-5-13-3-6-15(7-4-13)23-17(18)19/h3-4,6-7,14,17,20H,2,5,8-12H2,1H3. The molecule has 0 bridgehead atoms. The first-order valence-corrected chi connectivity index (χ1v) is 8.14. The molecule has 128 valence electrons. The Morgan fingerprint density at radius 1 is 1.39 bits per heavy atom. The molecule has 1 heterocycles. The maximum atomic E-state index is 12.5. The number of amides is 1. The van der Waals surface area contributed by atoms with Gasteiger partial charge in [0.05, 0.1) is 0 Å². The molecule has 0 aromatic heterocycles. The van der Waals surface area contributed by atoms with Crippen LogP contribution in [0.4, 0.5) is 8.78 Å². The topological polar surface area (TPSA) is 41.6 Å². The maximum Gasteiger partial charge on any atom is 0.387 e. The summed E-state index contributed by atoms with van der Waals surface area (Å²) in [7, 11) is 0. The summed E-state index contributed by atoms with van der Waals surface area (Å²) < 4.78 is 28.5. The largest absolute Gasteiger partial charge is 0.435 e. The Morgan fingerprint density at radius 3 is 2.70 bits per heavy atom. The fourth-order valence-electron chi connectivity index (χ4n) is 2.89. The van der Waals surface area contributed by atoms with Crippen molar-refractivity contribution < 1.29 is 18.3 Å². The minimum atomic E-state index is -2.81. The average Bonchev–Trinajstić information content (AvgIpc) is 3.05. The van der Waals surface area contributed by atoms with E-state index in [1.165, 1.54) is 12.1 Å². The second-order valence-electron chi connectivity index (χ2n) is 5.76. The van der Waals surface area contributed by atoms with Crippen LogP contribution in [0, 0.1) is 0 Å². The molecular weight excluding hydrogens is 302 g/mol. The summed E-state index contributed by atoms with van der Waals surface area (Å²) in [5.74, 6) is 0.299. The number of alkyl halides is 2. The lowest BCUT2D eigenvalue weighted by atomic mass is 10.1. The fraction of sp³-hybridized carbons (Fsp3) is 0.588. The van der Waals surface area contributed by atoms with Crippen LogP contribution in [0.25, 0.3) is 0 Å². The van der Waals surface area contributed by atoms with Gasteiger partial charge in [0.1, 0.15) is 5.75 Å². The monoisotopic (exact) mass is 326 g/mol. The van der Waals surface area contributed by atoms with Gasteiger partial charge in [-0.1, -0.05) is 19.1 Å². The lowest BCUT2D eigenvalue weighted by molar-refractivity contribution is -0.133. The van der Waals surface area contributed by atoms with Gasteiger partial charge in [-0.05, 0) is 43.5 Å². The molecule has 1 aromatic carbocycles. The summed E-state index contributed by atoms with van der Waals surface area (Å²) in [5.41, 5.74) is 0.945. The fourth-order valence-corrected chi connectivity index (χ4v) is 2.89. The molecule has 6 heteroatoms. The first kappa shape index (κ1) is 17.7. The zero-order valence-corrected chi connectivity index (χ0v) is 13.4. The number of aryl methyl sites for hydroxylation is 1. The van der Waals surface area contributed by atoms with Gasteiger partial charge in [0.25, 0.3) is 0 Å². The highest BCUT2D eigenvalue weighted by molar-refractivity contribution is 5.77. The summed E-state index contributed by atoms with van der Waals surface area (Å²) in [6.45, 7) is 1.87. The van der Waals surface area contributed by atoms with E-state index in [2.05, 4.69) is 17.0 Å². The van der Waals surface area contributed by atoms with Crippen LogP contribution in [-0.4, -0.2) is 43.1 Å². The summed E-state index contributed by atoms with van der Waals surface area (Å²) in [5, 5.41) is 3.29. The van der Waals surface area contributed by atoms with Crippen LogP contribution in [-0.2, 0) is 11.2 Å². The minimum Gasteiger partial charge on any atom is -0.435 e. The van der Waals surface area contributed by atoms with Crippen molar-refractivity contribution in [1.82, 2.24) is 10.2 Å². The molecule has 1 aliphatic rings. The van der Waals surface area contributed by atoms with E-state index in [0.717, 1.165) is 38.0 Å². The van der Waals surface area contributed by atoms with Gasteiger partial charge in [0, 0.05) is 25.6 Å². The lowest BCUT2D eigenvalue weighted by Gasteiger charge is -2.28. The Morgan fingerprint density at radius 2 is 2.13 bits per heavy atom. The second-order valence-corrected chi connectivity index (χ2v) is 5.76. The molecule has 0 radical (unpaired) electrons. The Bertz CT molecular complexity index is 488. The smallest absolute Gasteiger partial charge is 0.387 e. The van der Waals surface area contributed by atoms with Crippen molar-refractivity contribution in [3.05, 3.63) is 29.8 Å². The van der Waals surface area contributed by atoms with Crippen LogP contribution in [0.3, 0.4) is 0 Å². The third-order valence-electron chi connectivity index (χ3n) is 4.04. The molecule has 1 unspecified atom stereocenters. The van der Waals surface area contributed by atoms with Gasteiger partial charge in [-0.15, -0.1) is 0 Å². The van der Waals surface area contributed by atoms with E-state index < -0.39 is 6.61 Å². The molecule has 0 spiro atoms. The first-order chi connectivity index (χ1) is 11.1. The van der Waals surface area contributed by atoms with Gasteiger partial charge in [0.15, 0.2) is 0 Å². The summed E-state index contributed by atoms with van der Waals surface area (Å²) in [4.78, 5) is 14.5. The zero-order chi connectivity index (χ0) is 16.7.